The molecule has 1 N–H and O–H groups in total. The SMILES string of the molecule is CC1(C)CCCC1N1CCC(C(=O)O)CC1. The maximum atomic E-state index is 10.9. The predicted molar refractivity (Wildman–Crippen MR) is 63.4 cm³/mol. The van der Waals surface area contributed by atoms with E-state index in [0.29, 0.717) is 11.5 Å². The van der Waals surface area contributed by atoms with E-state index in [1.807, 2.05) is 0 Å². The van der Waals surface area contributed by atoms with Gasteiger partial charge in [0.25, 0.3) is 0 Å². The van der Waals surface area contributed by atoms with Crippen LogP contribution in [0.3, 0.4) is 0 Å². The van der Waals surface area contributed by atoms with Crippen molar-refractivity contribution < 1.29 is 9.90 Å². The first-order chi connectivity index (χ1) is 7.50. The molecule has 92 valence electrons. The molecule has 3 nitrogen and oxygen atoms in total. The Bertz CT molecular complexity index is 267. The van der Waals surface area contributed by atoms with Crippen molar-refractivity contribution in [1.82, 2.24) is 4.90 Å². The molecule has 2 aliphatic rings. The monoisotopic (exact) mass is 225 g/mol. The Labute approximate surface area is 97.8 Å². The largest absolute Gasteiger partial charge is 0.481 e. The molecule has 0 spiro atoms. The van der Waals surface area contributed by atoms with Crippen LogP contribution in [0.2, 0.25) is 0 Å². The zero-order chi connectivity index (χ0) is 11.8. The first kappa shape index (κ1) is 11.9. The van der Waals surface area contributed by atoms with Crippen LogP contribution in [0.4, 0.5) is 0 Å². The molecule has 1 saturated heterocycles. The van der Waals surface area contributed by atoms with Crippen LogP contribution in [-0.4, -0.2) is 35.1 Å². The van der Waals surface area contributed by atoms with Crippen LogP contribution in [0.5, 0.6) is 0 Å². The zero-order valence-electron chi connectivity index (χ0n) is 10.4. The summed E-state index contributed by atoms with van der Waals surface area (Å²) in [6.07, 6.45) is 5.61. The van der Waals surface area contributed by atoms with Crippen LogP contribution in [0, 0.1) is 11.3 Å². The quantitative estimate of drug-likeness (QED) is 0.784. The maximum Gasteiger partial charge on any atom is 0.306 e. The van der Waals surface area contributed by atoms with E-state index in [-0.39, 0.29) is 5.92 Å². The summed E-state index contributed by atoms with van der Waals surface area (Å²) in [6, 6.07) is 0.683. The standard InChI is InChI=1S/C13H23NO2/c1-13(2)7-3-4-11(13)14-8-5-10(6-9-14)12(15)16/h10-11H,3-9H2,1-2H3,(H,15,16). The summed E-state index contributed by atoms with van der Waals surface area (Å²) in [5.41, 5.74) is 0.427. The molecule has 0 radical (unpaired) electrons. The minimum absolute atomic E-state index is 0.0965. The highest BCUT2D eigenvalue weighted by molar-refractivity contribution is 5.70. The molecule has 1 atom stereocenters. The molecule has 1 aliphatic carbocycles. The second-order valence-electron chi connectivity index (χ2n) is 6.05. The third-order valence-corrected chi connectivity index (χ3v) is 4.52. The van der Waals surface area contributed by atoms with Gasteiger partial charge in [-0.3, -0.25) is 9.69 Å². The van der Waals surface area contributed by atoms with Gasteiger partial charge >= 0.3 is 5.97 Å². The van der Waals surface area contributed by atoms with Gasteiger partial charge in [-0.25, -0.2) is 0 Å². The Hall–Kier alpha value is -0.570. The number of rotatable bonds is 2. The van der Waals surface area contributed by atoms with Crippen LogP contribution in [0.15, 0.2) is 0 Å². The molecule has 0 bridgehead atoms. The molecule has 0 aromatic carbocycles. The minimum Gasteiger partial charge on any atom is -0.481 e. The summed E-state index contributed by atoms with van der Waals surface area (Å²) in [4.78, 5) is 13.4. The van der Waals surface area contributed by atoms with E-state index in [0.717, 1.165) is 25.9 Å². The van der Waals surface area contributed by atoms with Gasteiger partial charge in [0.15, 0.2) is 0 Å². The van der Waals surface area contributed by atoms with Gasteiger partial charge in [-0.15, -0.1) is 0 Å². The summed E-state index contributed by atoms with van der Waals surface area (Å²) in [5.74, 6) is -0.703. The number of carboxylic acids is 1. The van der Waals surface area contributed by atoms with Gasteiger partial charge < -0.3 is 5.11 Å². The number of piperidine rings is 1. The Morgan fingerprint density at radius 1 is 1.25 bits per heavy atom. The molecule has 1 aliphatic heterocycles. The van der Waals surface area contributed by atoms with Crippen molar-refractivity contribution in [3.05, 3.63) is 0 Å². The van der Waals surface area contributed by atoms with E-state index < -0.39 is 5.97 Å². The fraction of sp³-hybridized carbons (Fsp3) is 0.923. The Balaban J connectivity index is 1.92. The molecule has 16 heavy (non-hydrogen) atoms. The van der Waals surface area contributed by atoms with Crippen LogP contribution in [0.1, 0.15) is 46.0 Å². The van der Waals surface area contributed by atoms with Gasteiger partial charge in [0.1, 0.15) is 0 Å². The van der Waals surface area contributed by atoms with Crippen molar-refractivity contribution in [3.63, 3.8) is 0 Å². The highest BCUT2D eigenvalue weighted by atomic mass is 16.4. The third-order valence-electron chi connectivity index (χ3n) is 4.52. The number of hydrogen-bond donors (Lipinski definition) is 1. The van der Waals surface area contributed by atoms with Crippen molar-refractivity contribution in [1.29, 1.82) is 0 Å². The second kappa shape index (κ2) is 4.36. The maximum absolute atomic E-state index is 10.9. The van der Waals surface area contributed by atoms with E-state index in [9.17, 15) is 4.79 Å². The summed E-state index contributed by atoms with van der Waals surface area (Å²) in [7, 11) is 0. The highest BCUT2D eigenvalue weighted by Gasteiger charge is 2.39. The molecule has 1 saturated carbocycles. The zero-order valence-corrected chi connectivity index (χ0v) is 10.4. The molecule has 3 heteroatoms. The molecular formula is C13H23NO2. The summed E-state index contributed by atoms with van der Waals surface area (Å²) in [6.45, 7) is 6.66. The van der Waals surface area contributed by atoms with Gasteiger partial charge in [0.2, 0.25) is 0 Å². The van der Waals surface area contributed by atoms with Crippen LogP contribution in [0.25, 0.3) is 0 Å². The first-order valence-corrected chi connectivity index (χ1v) is 6.47. The average Bonchev–Trinajstić information content (AvgIpc) is 2.58. The molecule has 0 aromatic rings. The smallest absolute Gasteiger partial charge is 0.306 e. The molecule has 0 aromatic heterocycles. The minimum atomic E-state index is -0.606. The summed E-state index contributed by atoms with van der Waals surface area (Å²) < 4.78 is 0. The van der Waals surface area contributed by atoms with Crippen molar-refractivity contribution in [2.24, 2.45) is 11.3 Å². The Kier molecular flexibility index (Phi) is 3.24. The van der Waals surface area contributed by atoms with E-state index >= 15 is 0 Å². The lowest BCUT2D eigenvalue weighted by atomic mass is 9.84. The second-order valence-corrected chi connectivity index (χ2v) is 6.05. The molecule has 1 heterocycles. The number of aliphatic carboxylic acids is 1. The molecule has 2 fully saturated rings. The van der Waals surface area contributed by atoms with Crippen molar-refractivity contribution >= 4 is 5.97 Å². The average molecular weight is 225 g/mol. The Morgan fingerprint density at radius 3 is 2.31 bits per heavy atom. The van der Waals surface area contributed by atoms with Crippen LogP contribution >= 0.6 is 0 Å². The highest BCUT2D eigenvalue weighted by Crippen LogP contribution is 2.41. The normalized spacial score (nSPS) is 31.8. The molecular weight excluding hydrogens is 202 g/mol. The predicted octanol–water partition coefficient (Wildman–Crippen LogP) is 2.36. The molecule has 0 amide bonds. The van der Waals surface area contributed by atoms with Crippen molar-refractivity contribution in [2.45, 2.75) is 52.0 Å². The van der Waals surface area contributed by atoms with Gasteiger partial charge in [-0.2, -0.15) is 0 Å². The first-order valence-electron chi connectivity index (χ1n) is 6.47. The van der Waals surface area contributed by atoms with Gasteiger partial charge in [0.05, 0.1) is 5.92 Å². The van der Waals surface area contributed by atoms with E-state index in [1.165, 1.54) is 19.3 Å². The number of likely N-dealkylation sites (tertiary alicyclic amines) is 1. The van der Waals surface area contributed by atoms with E-state index in [2.05, 4.69) is 18.7 Å². The lowest BCUT2D eigenvalue weighted by Crippen LogP contribution is -2.47. The molecule has 2 rings (SSSR count). The Morgan fingerprint density at radius 2 is 1.88 bits per heavy atom. The number of carbonyl (C=O) groups is 1. The van der Waals surface area contributed by atoms with E-state index in [1.54, 1.807) is 0 Å². The van der Waals surface area contributed by atoms with Crippen molar-refractivity contribution in [3.8, 4) is 0 Å². The fourth-order valence-electron chi connectivity index (χ4n) is 3.44. The van der Waals surface area contributed by atoms with Crippen LogP contribution < -0.4 is 0 Å². The van der Waals surface area contributed by atoms with Crippen molar-refractivity contribution in [2.75, 3.05) is 13.1 Å². The van der Waals surface area contributed by atoms with Crippen LogP contribution in [-0.2, 0) is 4.79 Å². The lowest BCUT2D eigenvalue weighted by Gasteiger charge is -2.41. The summed E-state index contributed by atoms with van der Waals surface area (Å²) >= 11 is 0. The van der Waals surface area contributed by atoms with Gasteiger partial charge in [-0.1, -0.05) is 20.3 Å². The van der Waals surface area contributed by atoms with E-state index in [4.69, 9.17) is 5.11 Å². The number of nitrogens with zero attached hydrogens (tertiary/aromatic N) is 1. The number of hydrogen-bond acceptors (Lipinski definition) is 2. The third kappa shape index (κ3) is 2.24. The molecule has 1 unspecified atom stereocenters. The fourth-order valence-corrected chi connectivity index (χ4v) is 3.44. The topological polar surface area (TPSA) is 40.5 Å². The number of carboxylic acid groups (broad SMARTS) is 1. The summed E-state index contributed by atoms with van der Waals surface area (Å²) in [5, 5.41) is 8.97. The lowest BCUT2D eigenvalue weighted by molar-refractivity contribution is -0.143. The van der Waals surface area contributed by atoms with Gasteiger partial charge in [-0.05, 0) is 44.2 Å². The van der Waals surface area contributed by atoms with Gasteiger partial charge in [0, 0.05) is 6.04 Å².